The lowest BCUT2D eigenvalue weighted by Gasteiger charge is -2.17. The van der Waals surface area contributed by atoms with Crippen molar-refractivity contribution in [2.24, 2.45) is 5.92 Å². The van der Waals surface area contributed by atoms with E-state index in [2.05, 4.69) is 4.98 Å². The summed E-state index contributed by atoms with van der Waals surface area (Å²) in [5.74, 6) is -2.99. The van der Waals surface area contributed by atoms with Crippen LogP contribution >= 0.6 is 11.3 Å². The molecule has 1 aromatic heterocycles. The number of hydrogen-bond acceptors (Lipinski definition) is 4. The van der Waals surface area contributed by atoms with E-state index in [4.69, 9.17) is 5.11 Å². The lowest BCUT2D eigenvalue weighted by atomic mass is 10.1. The molecule has 1 aliphatic heterocycles. The van der Waals surface area contributed by atoms with Crippen LogP contribution in [0.4, 0.5) is 13.2 Å². The first-order valence-corrected chi connectivity index (χ1v) is 7.06. The van der Waals surface area contributed by atoms with E-state index in [-0.39, 0.29) is 23.9 Å². The summed E-state index contributed by atoms with van der Waals surface area (Å²) in [6.45, 7) is 1.68. The number of alkyl halides is 3. The van der Waals surface area contributed by atoms with E-state index >= 15 is 0 Å². The van der Waals surface area contributed by atoms with Crippen molar-refractivity contribution in [3.05, 3.63) is 15.6 Å². The molecule has 1 amide bonds. The molecular formula is C12H13F3N2O3S. The lowest BCUT2D eigenvalue weighted by Crippen LogP contribution is -2.39. The van der Waals surface area contributed by atoms with Gasteiger partial charge in [-0.3, -0.25) is 4.79 Å². The van der Waals surface area contributed by atoms with Crippen molar-refractivity contribution in [3.63, 3.8) is 0 Å². The highest BCUT2D eigenvalue weighted by Gasteiger charge is 2.44. The fourth-order valence-electron chi connectivity index (χ4n) is 2.35. The maximum absolute atomic E-state index is 12.3. The van der Waals surface area contributed by atoms with Gasteiger partial charge >= 0.3 is 18.1 Å². The standard InChI is InChI=1S/C12H13F3N2O3S/c1-6-9(10(18)19)21-8(16-6)4-7-2-3-17(5-7)11(20)12(13,14)15/h7H,2-5H2,1H3,(H,18,19). The molecule has 2 heterocycles. The summed E-state index contributed by atoms with van der Waals surface area (Å²) in [7, 11) is 0. The van der Waals surface area contributed by atoms with Crippen molar-refractivity contribution >= 4 is 23.2 Å². The number of aromatic carboxylic acids is 1. The minimum absolute atomic E-state index is 0.0272. The van der Waals surface area contributed by atoms with Crippen LogP contribution in [0.25, 0.3) is 0 Å². The van der Waals surface area contributed by atoms with Gasteiger partial charge in [-0.1, -0.05) is 0 Å². The van der Waals surface area contributed by atoms with Gasteiger partial charge in [-0.05, 0) is 19.3 Å². The van der Waals surface area contributed by atoms with Crippen molar-refractivity contribution in [1.29, 1.82) is 0 Å². The Hall–Kier alpha value is -1.64. The number of rotatable bonds is 3. The van der Waals surface area contributed by atoms with Gasteiger partial charge in [-0.2, -0.15) is 13.2 Å². The molecule has 1 fully saturated rings. The number of thiazole rings is 1. The first-order valence-electron chi connectivity index (χ1n) is 6.24. The molecule has 0 aromatic carbocycles. The SMILES string of the molecule is Cc1nc(CC2CCN(C(=O)C(F)(F)F)C2)sc1C(=O)O. The van der Waals surface area contributed by atoms with Gasteiger partial charge in [0.1, 0.15) is 4.88 Å². The number of likely N-dealkylation sites (tertiary alicyclic amines) is 1. The minimum Gasteiger partial charge on any atom is -0.477 e. The topological polar surface area (TPSA) is 70.5 Å². The van der Waals surface area contributed by atoms with Crippen molar-refractivity contribution in [1.82, 2.24) is 9.88 Å². The zero-order valence-corrected chi connectivity index (χ0v) is 11.9. The van der Waals surface area contributed by atoms with E-state index in [0.717, 1.165) is 16.2 Å². The summed E-state index contributed by atoms with van der Waals surface area (Å²) >= 11 is 1.03. The van der Waals surface area contributed by atoms with Crippen LogP contribution in [0.5, 0.6) is 0 Å². The quantitative estimate of drug-likeness (QED) is 0.925. The Balaban J connectivity index is 1.99. The van der Waals surface area contributed by atoms with E-state index in [1.807, 2.05) is 0 Å². The summed E-state index contributed by atoms with van der Waals surface area (Å²) in [6.07, 6.45) is -3.99. The average molecular weight is 322 g/mol. The number of aromatic nitrogens is 1. The zero-order chi connectivity index (χ0) is 15.8. The number of carboxylic acids is 1. The first kappa shape index (κ1) is 15.7. The molecule has 0 bridgehead atoms. The summed E-state index contributed by atoms with van der Waals surface area (Å²) < 4.78 is 37.0. The van der Waals surface area contributed by atoms with E-state index in [1.165, 1.54) is 0 Å². The van der Waals surface area contributed by atoms with Crippen LogP contribution < -0.4 is 0 Å². The van der Waals surface area contributed by atoms with Gasteiger partial charge < -0.3 is 10.0 Å². The third kappa shape index (κ3) is 3.52. The molecule has 9 heteroatoms. The zero-order valence-electron chi connectivity index (χ0n) is 11.1. The normalized spacial score (nSPS) is 19.0. The monoisotopic (exact) mass is 322 g/mol. The second kappa shape index (κ2) is 5.63. The summed E-state index contributed by atoms with van der Waals surface area (Å²) in [6, 6.07) is 0. The lowest BCUT2D eigenvalue weighted by molar-refractivity contribution is -0.184. The largest absolute Gasteiger partial charge is 0.477 e. The van der Waals surface area contributed by atoms with Crippen LogP contribution in [-0.2, 0) is 11.2 Å². The molecule has 1 atom stereocenters. The number of nitrogens with zero attached hydrogens (tertiary/aromatic N) is 2. The minimum atomic E-state index is -4.84. The Labute approximate surface area is 122 Å². The predicted octanol–water partition coefficient (Wildman–Crippen LogP) is 2.10. The van der Waals surface area contributed by atoms with Crippen LogP contribution in [0.3, 0.4) is 0 Å². The molecule has 0 aliphatic carbocycles. The summed E-state index contributed by atoms with van der Waals surface area (Å²) in [4.78, 5) is 27.1. The molecular weight excluding hydrogens is 309 g/mol. The highest BCUT2D eigenvalue weighted by molar-refractivity contribution is 7.13. The third-order valence-corrected chi connectivity index (χ3v) is 4.48. The number of carbonyl (C=O) groups is 2. The van der Waals surface area contributed by atoms with Gasteiger partial charge in [0.25, 0.3) is 0 Å². The average Bonchev–Trinajstić information content (AvgIpc) is 2.94. The van der Waals surface area contributed by atoms with Gasteiger partial charge in [-0.25, -0.2) is 9.78 Å². The second-order valence-electron chi connectivity index (χ2n) is 4.94. The fourth-order valence-corrected chi connectivity index (χ4v) is 3.37. The Bertz CT molecular complexity index is 571. The Morgan fingerprint density at radius 3 is 2.67 bits per heavy atom. The van der Waals surface area contributed by atoms with Crippen LogP contribution in [-0.4, -0.2) is 46.1 Å². The molecule has 116 valence electrons. The fraction of sp³-hybridized carbons (Fsp3) is 0.583. The summed E-state index contributed by atoms with van der Waals surface area (Å²) in [5.41, 5.74) is 0.406. The molecule has 1 aromatic rings. The molecule has 0 radical (unpaired) electrons. The number of aryl methyl sites for hydroxylation is 1. The van der Waals surface area contributed by atoms with Gasteiger partial charge in [0.15, 0.2) is 0 Å². The van der Waals surface area contributed by atoms with Crippen molar-refractivity contribution < 1.29 is 27.9 Å². The van der Waals surface area contributed by atoms with Crippen LogP contribution in [0.1, 0.15) is 26.8 Å². The number of carbonyl (C=O) groups excluding carboxylic acids is 1. The molecule has 5 nitrogen and oxygen atoms in total. The van der Waals surface area contributed by atoms with Crippen molar-refractivity contribution in [2.75, 3.05) is 13.1 Å². The van der Waals surface area contributed by atoms with Crippen LogP contribution in [0.2, 0.25) is 0 Å². The van der Waals surface area contributed by atoms with E-state index in [1.54, 1.807) is 6.92 Å². The predicted molar refractivity (Wildman–Crippen MR) is 68.3 cm³/mol. The highest BCUT2D eigenvalue weighted by Crippen LogP contribution is 2.28. The van der Waals surface area contributed by atoms with E-state index < -0.39 is 18.1 Å². The van der Waals surface area contributed by atoms with E-state index in [9.17, 15) is 22.8 Å². The van der Waals surface area contributed by atoms with Gasteiger partial charge in [0.05, 0.1) is 10.7 Å². The number of amides is 1. The molecule has 1 saturated heterocycles. The molecule has 1 N–H and O–H groups in total. The molecule has 21 heavy (non-hydrogen) atoms. The van der Waals surface area contributed by atoms with Gasteiger partial charge in [0, 0.05) is 19.5 Å². The van der Waals surface area contributed by atoms with Gasteiger partial charge in [-0.15, -0.1) is 11.3 Å². The Morgan fingerprint density at radius 1 is 1.48 bits per heavy atom. The van der Waals surface area contributed by atoms with Gasteiger partial charge in [0.2, 0.25) is 0 Å². The molecule has 1 aliphatic rings. The maximum Gasteiger partial charge on any atom is 0.471 e. The maximum atomic E-state index is 12.3. The smallest absolute Gasteiger partial charge is 0.471 e. The highest BCUT2D eigenvalue weighted by atomic mass is 32.1. The van der Waals surface area contributed by atoms with Crippen LogP contribution in [0.15, 0.2) is 0 Å². The van der Waals surface area contributed by atoms with Crippen LogP contribution in [0, 0.1) is 12.8 Å². The van der Waals surface area contributed by atoms with E-state index in [0.29, 0.717) is 23.5 Å². The van der Waals surface area contributed by atoms with Crippen molar-refractivity contribution in [2.45, 2.75) is 25.9 Å². The number of halogens is 3. The number of carboxylic acid groups (broad SMARTS) is 1. The first-order chi connectivity index (χ1) is 9.68. The third-order valence-electron chi connectivity index (χ3n) is 3.31. The summed E-state index contributed by atoms with van der Waals surface area (Å²) in [5, 5.41) is 9.52. The Kier molecular flexibility index (Phi) is 4.22. The molecule has 0 spiro atoms. The number of hydrogen-bond donors (Lipinski definition) is 1. The molecule has 2 rings (SSSR count). The van der Waals surface area contributed by atoms with Crippen molar-refractivity contribution in [3.8, 4) is 0 Å². The Morgan fingerprint density at radius 2 is 2.14 bits per heavy atom. The second-order valence-corrected chi connectivity index (χ2v) is 6.02. The molecule has 0 saturated carbocycles. The molecule has 1 unspecified atom stereocenters.